The smallest absolute Gasteiger partial charge is 0.274 e. The third kappa shape index (κ3) is 3.99. The largest absolute Gasteiger partial charge is 0.339 e. The first-order valence-corrected chi connectivity index (χ1v) is 8.65. The second-order valence-corrected chi connectivity index (χ2v) is 6.51. The van der Waals surface area contributed by atoms with Gasteiger partial charge in [0.1, 0.15) is 11.5 Å². The maximum absolute atomic E-state index is 12.5. The molecule has 7 heteroatoms. The second kappa shape index (κ2) is 7.51. The number of benzene rings is 1. The van der Waals surface area contributed by atoms with Crippen LogP contribution in [-0.4, -0.2) is 57.8 Å². The minimum absolute atomic E-state index is 0.0404. The SMILES string of the molecule is CC(=O)N1CCN(C(=O)c2cnc(Nc3ccc(C)c(C)c3)cn2)CC1. The van der Waals surface area contributed by atoms with Gasteiger partial charge in [-0.25, -0.2) is 9.97 Å². The van der Waals surface area contributed by atoms with Crippen LogP contribution in [0.15, 0.2) is 30.6 Å². The molecule has 0 radical (unpaired) electrons. The van der Waals surface area contributed by atoms with Crippen molar-refractivity contribution in [1.82, 2.24) is 19.8 Å². The fourth-order valence-electron chi connectivity index (χ4n) is 2.86. The zero-order valence-electron chi connectivity index (χ0n) is 15.3. The number of nitrogens with zero attached hydrogens (tertiary/aromatic N) is 4. The number of aromatic nitrogens is 2. The van der Waals surface area contributed by atoms with Gasteiger partial charge in [0.15, 0.2) is 0 Å². The van der Waals surface area contributed by atoms with Crippen molar-refractivity contribution in [3.05, 3.63) is 47.4 Å². The van der Waals surface area contributed by atoms with E-state index in [1.54, 1.807) is 22.9 Å². The number of hydrogen-bond acceptors (Lipinski definition) is 5. The summed E-state index contributed by atoms with van der Waals surface area (Å²) in [5, 5.41) is 3.19. The van der Waals surface area contributed by atoms with Crippen LogP contribution in [0, 0.1) is 13.8 Å². The summed E-state index contributed by atoms with van der Waals surface area (Å²) in [5.74, 6) is 0.475. The van der Waals surface area contributed by atoms with Gasteiger partial charge < -0.3 is 15.1 Å². The number of rotatable bonds is 3. The summed E-state index contributed by atoms with van der Waals surface area (Å²) in [7, 11) is 0. The number of amides is 2. The molecule has 2 heterocycles. The second-order valence-electron chi connectivity index (χ2n) is 6.51. The van der Waals surface area contributed by atoms with Crippen LogP contribution in [0.25, 0.3) is 0 Å². The van der Waals surface area contributed by atoms with Crippen LogP contribution in [0.5, 0.6) is 0 Å². The molecule has 1 aromatic heterocycles. The molecule has 0 bridgehead atoms. The van der Waals surface area contributed by atoms with E-state index in [4.69, 9.17) is 0 Å². The van der Waals surface area contributed by atoms with E-state index >= 15 is 0 Å². The maximum atomic E-state index is 12.5. The quantitative estimate of drug-likeness (QED) is 0.915. The Kier molecular flexibility index (Phi) is 5.16. The molecule has 1 saturated heterocycles. The molecule has 0 aliphatic carbocycles. The summed E-state index contributed by atoms with van der Waals surface area (Å²) >= 11 is 0. The molecule has 0 saturated carbocycles. The molecule has 1 aliphatic rings. The Morgan fingerprint density at radius 1 is 0.962 bits per heavy atom. The zero-order chi connectivity index (χ0) is 18.7. The number of aryl methyl sites for hydroxylation is 2. The molecule has 0 unspecified atom stereocenters. The monoisotopic (exact) mass is 353 g/mol. The van der Waals surface area contributed by atoms with Crippen molar-refractivity contribution in [2.45, 2.75) is 20.8 Å². The molecule has 136 valence electrons. The summed E-state index contributed by atoms with van der Waals surface area (Å²) < 4.78 is 0. The minimum atomic E-state index is -0.154. The highest BCUT2D eigenvalue weighted by Crippen LogP contribution is 2.18. The highest BCUT2D eigenvalue weighted by atomic mass is 16.2. The Morgan fingerprint density at radius 2 is 1.65 bits per heavy atom. The van der Waals surface area contributed by atoms with Gasteiger partial charge in [0, 0.05) is 38.8 Å². The highest BCUT2D eigenvalue weighted by molar-refractivity contribution is 5.92. The molecule has 2 aromatic rings. The number of hydrogen-bond donors (Lipinski definition) is 1. The van der Waals surface area contributed by atoms with Crippen molar-refractivity contribution in [2.24, 2.45) is 0 Å². The lowest BCUT2D eigenvalue weighted by Gasteiger charge is -2.33. The molecular formula is C19H23N5O2. The van der Waals surface area contributed by atoms with E-state index in [1.807, 2.05) is 18.2 Å². The molecule has 1 aliphatic heterocycles. The van der Waals surface area contributed by atoms with Crippen molar-refractivity contribution in [3.8, 4) is 0 Å². The van der Waals surface area contributed by atoms with Gasteiger partial charge in [0.05, 0.1) is 12.4 Å². The number of piperazine rings is 1. The van der Waals surface area contributed by atoms with E-state index < -0.39 is 0 Å². The van der Waals surface area contributed by atoms with Gasteiger partial charge in [-0.3, -0.25) is 9.59 Å². The van der Waals surface area contributed by atoms with Gasteiger partial charge in [-0.15, -0.1) is 0 Å². The van der Waals surface area contributed by atoms with Gasteiger partial charge in [0.2, 0.25) is 5.91 Å². The predicted octanol–water partition coefficient (Wildman–Crippen LogP) is 2.14. The minimum Gasteiger partial charge on any atom is -0.339 e. The molecule has 1 fully saturated rings. The number of nitrogens with one attached hydrogen (secondary N) is 1. The van der Waals surface area contributed by atoms with E-state index in [1.165, 1.54) is 17.3 Å². The fourth-order valence-corrected chi connectivity index (χ4v) is 2.86. The first kappa shape index (κ1) is 17.8. The molecule has 1 N–H and O–H groups in total. The third-order valence-electron chi connectivity index (χ3n) is 4.66. The predicted molar refractivity (Wildman–Crippen MR) is 99.4 cm³/mol. The van der Waals surface area contributed by atoms with Gasteiger partial charge >= 0.3 is 0 Å². The van der Waals surface area contributed by atoms with Crippen LogP contribution in [0.1, 0.15) is 28.5 Å². The summed E-state index contributed by atoms with van der Waals surface area (Å²) in [6.45, 7) is 7.81. The molecule has 26 heavy (non-hydrogen) atoms. The average Bonchev–Trinajstić information content (AvgIpc) is 2.65. The first-order chi connectivity index (χ1) is 12.4. The van der Waals surface area contributed by atoms with Crippen LogP contribution < -0.4 is 5.32 Å². The Bertz CT molecular complexity index is 811. The Hall–Kier alpha value is -2.96. The normalized spacial score (nSPS) is 14.3. The van der Waals surface area contributed by atoms with Crippen molar-refractivity contribution < 1.29 is 9.59 Å². The van der Waals surface area contributed by atoms with Crippen molar-refractivity contribution in [1.29, 1.82) is 0 Å². The molecule has 2 amide bonds. The van der Waals surface area contributed by atoms with Crippen molar-refractivity contribution in [2.75, 3.05) is 31.5 Å². The summed E-state index contributed by atoms with van der Waals surface area (Å²) in [5.41, 5.74) is 3.67. The Morgan fingerprint density at radius 3 is 2.23 bits per heavy atom. The highest BCUT2D eigenvalue weighted by Gasteiger charge is 2.24. The van der Waals surface area contributed by atoms with E-state index in [0.29, 0.717) is 37.7 Å². The Balaban J connectivity index is 1.63. The van der Waals surface area contributed by atoms with Gasteiger partial charge in [0.25, 0.3) is 5.91 Å². The molecule has 1 aromatic carbocycles. The molecule has 0 atom stereocenters. The van der Waals surface area contributed by atoms with E-state index in [9.17, 15) is 9.59 Å². The van der Waals surface area contributed by atoms with Gasteiger partial charge in [-0.2, -0.15) is 0 Å². The van der Waals surface area contributed by atoms with Crippen LogP contribution >= 0.6 is 0 Å². The fraction of sp³-hybridized carbons (Fsp3) is 0.368. The standard InChI is InChI=1S/C19H23N5O2/c1-13-4-5-16(10-14(13)2)22-18-12-20-17(11-21-18)19(26)24-8-6-23(7-9-24)15(3)25/h4-5,10-12H,6-9H2,1-3H3,(H,21,22). The summed E-state index contributed by atoms with van der Waals surface area (Å²) in [6.07, 6.45) is 3.05. The van der Waals surface area contributed by atoms with Crippen LogP contribution in [0.2, 0.25) is 0 Å². The van der Waals surface area contributed by atoms with E-state index in [2.05, 4.69) is 29.1 Å². The summed E-state index contributed by atoms with van der Waals surface area (Å²) in [4.78, 5) is 35.9. The molecule has 0 spiro atoms. The molecular weight excluding hydrogens is 330 g/mol. The maximum Gasteiger partial charge on any atom is 0.274 e. The van der Waals surface area contributed by atoms with E-state index in [-0.39, 0.29) is 11.8 Å². The number of carbonyl (C=O) groups is 2. The van der Waals surface area contributed by atoms with Crippen molar-refractivity contribution >= 4 is 23.3 Å². The lowest BCUT2D eigenvalue weighted by Crippen LogP contribution is -2.50. The van der Waals surface area contributed by atoms with Crippen LogP contribution in [-0.2, 0) is 4.79 Å². The van der Waals surface area contributed by atoms with Crippen LogP contribution in [0.4, 0.5) is 11.5 Å². The molecule has 7 nitrogen and oxygen atoms in total. The lowest BCUT2D eigenvalue weighted by atomic mass is 10.1. The first-order valence-electron chi connectivity index (χ1n) is 8.65. The topological polar surface area (TPSA) is 78.4 Å². The van der Waals surface area contributed by atoms with E-state index in [0.717, 1.165) is 5.69 Å². The van der Waals surface area contributed by atoms with Crippen LogP contribution in [0.3, 0.4) is 0 Å². The van der Waals surface area contributed by atoms with Gasteiger partial charge in [-0.05, 0) is 37.1 Å². The average molecular weight is 353 g/mol. The third-order valence-corrected chi connectivity index (χ3v) is 4.66. The lowest BCUT2D eigenvalue weighted by molar-refractivity contribution is -0.130. The Labute approximate surface area is 153 Å². The molecule has 3 rings (SSSR count). The number of carbonyl (C=O) groups excluding carboxylic acids is 2. The van der Waals surface area contributed by atoms with Gasteiger partial charge in [-0.1, -0.05) is 6.07 Å². The zero-order valence-corrected chi connectivity index (χ0v) is 15.3. The summed E-state index contributed by atoms with van der Waals surface area (Å²) in [6, 6.07) is 6.08. The van der Waals surface area contributed by atoms with Crippen molar-refractivity contribution in [3.63, 3.8) is 0 Å². The number of anilines is 2.